The van der Waals surface area contributed by atoms with E-state index in [0.29, 0.717) is 18.7 Å². The first kappa shape index (κ1) is 15.2. The van der Waals surface area contributed by atoms with Crippen molar-refractivity contribution < 1.29 is 17.4 Å². The van der Waals surface area contributed by atoms with Crippen LogP contribution < -0.4 is 5.73 Å². The van der Waals surface area contributed by atoms with Crippen LogP contribution in [0.3, 0.4) is 0 Å². The van der Waals surface area contributed by atoms with Crippen molar-refractivity contribution in [1.29, 1.82) is 0 Å². The average molecular weight is 279 g/mol. The Balaban J connectivity index is 2.63. The van der Waals surface area contributed by atoms with Gasteiger partial charge in [-0.15, -0.1) is 0 Å². The van der Waals surface area contributed by atoms with Crippen LogP contribution in [-0.2, 0) is 17.0 Å². The molecule has 1 unspecified atom stereocenters. The number of benzene rings is 1. The van der Waals surface area contributed by atoms with Crippen LogP contribution in [0.1, 0.15) is 24.8 Å². The number of unbranched alkanes of at least 4 members (excludes halogenated alkanes) is 2. The van der Waals surface area contributed by atoms with Gasteiger partial charge in [-0.05, 0) is 37.6 Å². The van der Waals surface area contributed by atoms with Gasteiger partial charge >= 0.3 is 6.18 Å². The first-order valence-electron chi connectivity index (χ1n) is 5.71. The van der Waals surface area contributed by atoms with E-state index in [2.05, 4.69) is 0 Å². The summed E-state index contributed by atoms with van der Waals surface area (Å²) in [6.45, 7) is 0.580. The maximum atomic E-state index is 12.5. The highest BCUT2D eigenvalue weighted by atomic mass is 32.2. The Labute approximate surface area is 107 Å². The van der Waals surface area contributed by atoms with Gasteiger partial charge < -0.3 is 5.73 Å². The van der Waals surface area contributed by atoms with Crippen molar-refractivity contribution in [3.05, 3.63) is 29.8 Å². The highest BCUT2D eigenvalue weighted by Gasteiger charge is 2.30. The molecule has 0 heterocycles. The molecule has 18 heavy (non-hydrogen) atoms. The quantitative estimate of drug-likeness (QED) is 0.814. The van der Waals surface area contributed by atoms with E-state index in [-0.39, 0.29) is 4.90 Å². The zero-order valence-electron chi connectivity index (χ0n) is 9.87. The molecule has 6 heteroatoms. The standard InChI is InChI=1S/C12H16F3NOS/c13-12(14,15)10-5-4-6-11(9-10)18(17)8-3-1-2-7-16/h4-6,9H,1-3,7-8,16H2. The fourth-order valence-electron chi connectivity index (χ4n) is 1.49. The van der Waals surface area contributed by atoms with Crippen molar-refractivity contribution in [3.8, 4) is 0 Å². The highest BCUT2D eigenvalue weighted by molar-refractivity contribution is 7.85. The predicted octanol–water partition coefficient (Wildman–Crippen LogP) is 2.94. The van der Waals surface area contributed by atoms with Gasteiger partial charge in [0.25, 0.3) is 0 Å². The van der Waals surface area contributed by atoms with E-state index in [1.54, 1.807) is 0 Å². The third-order valence-corrected chi connectivity index (χ3v) is 3.90. The van der Waals surface area contributed by atoms with Crippen LogP contribution >= 0.6 is 0 Å². The lowest BCUT2D eigenvalue weighted by molar-refractivity contribution is -0.137. The molecule has 0 fully saturated rings. The Bertz CT molecular complexity index is 407. The first-order chi connectivity index (χ1) is 8.45. The Morgan fingerprint density at radius 1 is 1.17 bits per heavy atom. The van der Waals surface area contributed by atoms with E-state index >= 15 is 0 Å². The topological polar surface area (TPSA) is 43.1 Å². The molecular formula is C12H16F3NOS. The summed E-state index contributed by atoms with van der Waals surface area (Å²) >= 11 is 0. The van der Waals surface area contributed by atoms with Crippen LogP contribution in [0.2, 0.25) is 0 Å². The number of hydrogen-bond acceptors (Lipinski definition) is 2. The third kappa shape index (κ3) is 4.78. The minimum absolute atomic E-state index is 0.234. The molecule has 1 atom stereocenters. The van der Waals surface area contributed by atoms with Gasteiger partial charge in [-0.25, -0.2) is 0 Å². The number of alkyl halides is 3. The lowest BCUT2D eigenvalue weighted by Gasteiger charge is -2.08. The molecule has 0 spiro atoms. The van der Waals surface area contributed by atoms with E-state index < -0.39 is 22.5 Å². The van der Waals surface area contributed by atoms with Crippen LogP contribution in [0.5, 0.6) is 0 Å². The van der Waals surface area contributed by atoms with Crippen molar-refractivity contribution in [2.75, 3.05) is 12.3 Å². The SMILES string of the molecule is NCCCCCS(=O)c1cccc(C(F)(F)F)c1. The zero-order valence-corrected chi connectivity index (χ0v) is 10.7. The molecule has 1 aromatic rings. The number of halogens is 3. The summed E-state index contributed by atoms with van der Waals surface area (Å²) in [6, 6.07) is 4.69. The first-order valence-corrected chi connectivity index (χ1v) is 7.02. The van der Waals surface area contributed by atoms with Gasteiger partial charge in [0.15, 0.2) is 0 Å². The fraction of sp³-hybridized carbons (Fsp3) is 0.500. The van der Waals surface area contributed by atoms with Crippen LogP contribution in [0.25, 0.3) is 0 Å². The second-order valence-corrected chi connectivity index (χ2v) is 5.50. The zero-order chi connectivity index (χ0) is 13.6. The van der Waals surface area contributed by atoms with Gasteiger partial charge in [-0.2, -0.15) is 13.2 Å². The Hall–Kier alpha value is -0.880. The average Bonchev–Trinajstić information content (AvgIpc) is 2.33. The summed E-state index contributed by atoms with van der Waals surface area (Å²) in [7, 11) is -1.37. The molecule has 0 aliphatic carbocycles. The van der Waals surface area contributed by atoms with Crippen LogP contribution in [-0.4, -0.2) is 16.5 Å². The number of hydrogen-bond donors (Lipinski definition) is 1. The fourth-order valence-corrected chi connectivity index (χ4v) is 2.68. The summed E-state index contributed by atoms with van der Waals surface area (Å²) in [6.07, 6.45) is -1.99. The Kier molecular flexibility index (Phi) is 5.81. The van der Waals surface area contributed by atoms with Gasteiger partial charge in [0.05, 0.1) is 16.4 Å². The predicted molar refractivity (Wildman–Crippen MR) is 65.6 cm³/mol. The van der Waals surface area contributed by atoms with Crippen molar-refractivity contribution in [2.24, 2.45) is 5.73 Å². The number of rotatable bonds is 6. The van der Waals surface area contributed by atoms with Gasteiger partial charge in [-0.3, -0.25) is 4.21 Å². The lowest BCUT2D eigenvalue weighted by atomic mass is 10.2. The monoisotopic (exact) mass is 279 g/mol. The van der Waals surface area contributed by atoms with Crippen molar-refractivity contribution >= 4 is 10.8 Å². The number of nitrogens with two attached hydrogens (primary N) is 1. The van der Waals surface area contributed by atoms with E-state index in [9.17, 15) is 17.4 Å². The largest absolute Gasteiger partial charge is 0.416 e. The van der Waals surface area contributed by atoms with Gasteiger partial charge in [0.1, 0.15) is 0 Å². The molecule has 0 aromatic heterocycles. The molecule has 1 rings (SSSR count). The minimum Gasteiger partial charge on any atom is -0.330 e. The van der Waals surface area contributed by atoms with Crippen molar-refractivity contribution in [1.82, 2.24) is 0 Å². The van der Waals surface area contributed by atoms with Crippen LogP contribution in [0.15, 0.2) is 29.2 Å². The molecule has 2 N–H and O–H groups in total. The summed E-state index contributed by atoms with van der Waals surface area (Å²) in [5.41, 5.74) is 4.57. The molecule has 0 aliphatic rings. The second kappa shape index (κ2) is 6.89. The molecule has 0 aliphatic heterocycles. The molecule has 102 valence electrons. The maximum absolute atomic E-state index is 12.5. The summed E-state index contributed by atoms with van der Waals surface area (Å²) < 4.78 is 49.2. The maximum Gasteiger partial charge on any atom is 0.416 e. The van der Waals surface area contributed by atoms with E-state index in [4.69, 9.17) is 5.73 Å². The van der Waals surface area contributed by atoms with Crippen molar-refractivity contribution in [2.45, 2.75) is 30.3 Å². The Morgan fingerprint density at radius 2 is 1.89 bits per heavy atom. The molecule has 1 aromatic carbocycles. The molecule has 0 radical (unpaired) electrons. The van der Waals surface area contributed by atoms with E-state index in [1.807, 2.05) is 0 Å². The molecule has 0 saturated heterocycles. The summed E-state index contributed by atoms with van der Waals surface area (Å²) in [4.78, 5) is 0.234. The van der Waals surface area contributed by atoms with Crippen LogP contribution in [0.4, 0.5) is 13.2 Å². The molecule has 0 amide bonds. The summed E-state index contributed by atoms with van der Waals surface area (Å²) in [5, 5.41) is 0. The third-order valence-electron chi connectivity index (χ3n) is 2.46. The second-order valence-electron chi connectivity index (χ2n) is 3.92. The van der Waals surface area contributed by atoms with Gasteiger partial charge in [-0.1, -0.05) is 12.5 Å². The minimum atomic E-state index is -4.39. The van der Waals surface area contributed by atoms with Crippen LogP contribution in [0, 0.1) is 0 Å². The molecular weight excluding hydrogens is 263 g/mol. The smallest absolute Gasteiger partial charge is 0.330 e. The summed E-state index contributed by atoms with van der Waals surface area (Å²) in [5.74, 6) is 0.376. The van der Waals surface area contributed by atoms with E-state index in [1.165, 1.54) is 12.1 Å². The van der Waals surface area contributed by atoms with Crippen molar-refractivity contribution in [3.63, 3.8) is 0 Å². The molecule has 0 bridgehead atoms. The van der Waals surface area contributed by atoms with E-state index in [0.717, 1.165) is 25.0 Å². The molecule has 0 saturated carbocycles. The highest BCUT2D eigenvalue weighted by Crippen LogP contribution is 2.30. The Morgan fingerprint density at radius 3 is 2.50 bits per heavy atom. The van der Waals surface area contributed by atoms with Gasteiger partial charge in [0, 0.05) is 10.6 Å². The normalized spacial score (nSPS) is 13.6. The molecule has 2 nitrogen and oxygen atoms in total. The van der Waals surface area contributed by atoms with Gasteiger partial charge in [0.2, 0.25) is 0 Å². The lowest BCUT2D eigenvalue weighted by Crippen LogP contribution is -2.07.